The highest BCUT2D eigenvalue weighted by molar-refractivity contribution is 5.78. The molecule has 2 saturated heterocycles. The number of nitrogens with two attached hydrogens (primary N) is 1. The molecule has 2 aliphatic heterocycles. The number of esters is 2. The molecule has 2 unspecified atom stereocenters. The van der Waals surface area contributed by atoms with Gasteiger partial charge in [-0.25, -0.2) is 9.59 Å². The van der Waals surface area contributed by atoms with Gasteiger partial charge in [0.1, 0.15) is 12.1 Å². The zero-order chi connectivity index (χ0) is 25.9. The van der Waals surface area contributed by atoms with Crippen molar-refractivity contribution in [2.45, 2.75) is 51.7 Å². The molecule has 4 atom stereocenters. The lowest BCUT2D eigenvalue weighted by Gasteiger charge is -2.26. The molecule has 2 aliphatic rings. The van der Waals surface area contributed by atoms with E-state index in [-0.39, 0.29) is 30.1 Å². The number of carbonyl (C=O) groups excluding carboxylic acids is 2. The molecule has 0 bridgehead atoms. The maximum absolute atomic E-state index is 12.2. The molecule has 2 fully saturated rings. The summed E-state index contributed by atoms with van der Waals surface area (Å²) in [6, 6.07) is 19.3. The van der Waals surface area contributed by atoms with Gasteiger partial charge in [0.25, 0.3) is 0 Å². The van der Waals surface area contributed by atoms with Crippen LogP contribution in [0.2, 0.25) is 0 Å². The molecule has 196 valence electrons. The average Bonchev–Trinajstić information content (AvgIpc) is 3.49. The number of rotatable bonds is 8. The average molecular weight is 496 g/mol. The molecule has 7 heteroatoms. The molecule has 4 rings (SSSR count). The number of hydrogen-bond acceptors (Lipinski definition) is 7. The molecule has 0 radical (unpaired) electrons. The van der Waals surface area contributed by atoms with E-state index < -0.39 is 0 Å². The van der Waals surface area contributed by atoms with Crippen LogP contribution in [-0.4, -0.2) is 67.2 Å². The second-order valence-electron chi connectivity index (χ2n) is 9.56. The fourth-order valence-electron chi connectivity index (χ4n) is 4.96. The van der Waals surface area contributed by atoms with Crippen molar-refractivity contribution < 1.29 is 19.1 Å². The van der Waals surface area contributed by atoms with Gasteiger partial charge in [0.15, 0.2) is 0 Å². The number of likely N-dealkylation sites (tertiary alicyclic amines) is 2. The van der Waals surface area contributed by atoms with Crippen molar-refractivity contribution in [3.63, 3.8) is 0 Å². The van der Waals surface area contributed by atoms with E-state index >= 15 is 0 Å². The van der Waals surface area contributed by atoms with Crippen LogP contribution in [-0.2, 0) is 19.1 Å². The van der Waals surface area contributed by atoms with Crippen LogP contribution in [0.3, 0.4) is 0 Å². The smallest absolute Gasteiger partial charge is 0.328 e. The Morgan fingerprint density at radius 2 is 1.25 bits per heavy atom. The fraction of sp³-hybridized carbons (Fsp3) is 0.517. The SMILES string of the molecule is CCOC(=O)C(c1ccccc1)N1CC[C@@H](C)C1.CCOC(=O)C(c1ccccc1)N1CC[C@@H](N)C1. The van der Waals surface area contributed by atoms with Crippen LogP contribution in [0, 0.1) is 5.92 Å². The summed E-state index contributed by atoms with van der Waals surface area (Å²) in [5.41, 5.74) is 7.93. The molecular formula is C29H41N3O4. The van der Waals surface area contributed by atoms with Gasteiger partial charge in [0.05, 0.1) is 13.2 Å². The molecule has 7 nitrogen and oxygen atoms in total. The lowest BCUT2D eigenvalue weighted by molar-refractivity contribution is -0.150. The second kappa shape index (κ2) is 14.1. The van der Waals surface area contributed by atoms with Crippen molar-refractivity contribution in [2.75, 3.05) is 39.4 Å². The third kappa shape index (κ3) is 7.63. The van der Waals surface area contributed by atoms with E-state index in [4.69, 9.17) is 15.2 Å². The van der Waals surface area contributed by atoms with Gasteiger partial charge in [0, 0.05) is 25.7 Å². The van der Waals surface area contributed by atoms with Gasteiger partial charge in [-0.1, -0.05) is 67.6 Å². The highest BCUT2D eigenvalue weighted by Gasteiger charge is 2.34. The Kier molecular flexibility index (Phi) is 10.9. The van der Waals surface area contributed by atoms with E-state index in [9.17, 15) is 9.59 Å². The Morgan fingerprint density at radius 1 is 0.806 bits per heavy atom. The van der Waals surface area contributed by atoms with Crippen molar-refractivity contribution in [1.82, 2.24) is 9.80 Å². The molecule has 0 saturated carbocycles. The number of carbonyl (C=O) groups is 2. The first-order valence-corrected chi connectivity index (χ1v) is 13.1. The first kappa shape index (κ1) is 27.8. The Morgan fingerprint density at radius 3 is 1.61 bits per heavy atom. The van der Waals surface area contributed by atoms with Crippen molar-refractivity contribution in [3.8, 4) is 0 Å². The topological polar surface area (TPSA) is 85.1 Å². The van der Waals surface area contributed by atoms with Crippen molar-refractivity contribution in [2.24, 2.45) is 11.7 Å². The predicted molar refractivity (Wildman–Crippen MR) is 141 cm³/mol. The molecular weight excluding hydrogens is 454 g/mol. The Bertz CT molecular complexity index is 863. The predicted octanol–water partition coefficient (Wildman–Crippen LogP) is 3.96. The first-order chi connectivity index (χ1) is 17.4. The summed E-state index contributed by atoms with van der Waals surface area (Å²) in [5, 5.41) is 0. The minimum Gasteiger partial charge on any atom is -0.465 e. The van der Waals surface area contributed by atoms with E-state index in [1.54, 1.807) is 0 Å². The fourth-order valence-corrected chi connectivity index (χ4v) is 4.96. The summed E-state index contributed by atoms with van der Waals surface area (Å²) in [6.07, 6.45) is 2.09. The summed E-state index contributed by atoms with van der Waals surface area (Å²) >= 11 is 0. The Hall–Kier alpha value is -2.74. The lowest BCUT2D eigenvalue weighted by atomic mass is 10.1. The van der Waals surface area contributed by atoms with Crippen LogP contribution < -0.4 is 5.73 Å². The van der Waals surface area contributed by atoms with E-state index in [1.165, 1.54) is 0 Å². The summed E-state index contributed by atoms with van der Waals surface area (Å²) in [5.74, 6) is 0.348. The molecule has 2 N–H and O–H groups in total. The molecule has 36 heavy (non-hydrogen) atoms. The van der Waals surface area contributed by atoms with Gasteiger partial charge in [-0.3, -0.25) is 9.80 Å². The molecule has 2 aromatic rings. The van der Waals surface area contributed by atoms with E-state index in [1.807, 2.05) is 74.5 Å². The van der Waals surface area contributed by atoms with E-state index in [0.717, 1.165) is 50.1 Å². The van der Waals surface area contributed by atoms with Crippen LogP contribution in [0.4, 0.5) is 0 Å². The van der Waals surface area contributed by atoms with Gasteiger partial charge in [-0.2, -0.15) is 0 Å². The van der Waals surface area contributed by atoms with Crippen LogP contribution >= 0.6 is 0 Å². The van der Waals surface area contributed by atoms with Gasteiger partial charge in [-0.15, -0.1) is 0 Å². The highest BCUT2D eigenvalue weighted by atomic mass is 16.5. The van der Waals surface area contributed by atoms with Gasteiger partial charge >= 0.3 is 11.9 Å². The monoisotopic (exact) mass is 495 g/mol. The zero-order valence-corrected chi connectivity index (χ0v) is 21.8. The van der Waals surface area contributed by atoms with E-state index in [2.05, 4.69) is 16.7 Å². The maximum Gasteiger partial charge on any atom is 0.328 e. The molecule has 0 aromatic heterocycles. The van der Waals surface area contributed by atoms with Crippen molar-refractivity contribution >= 4 is 11.9 Å². The standard InChI is InChI=1S/C15H21NO2.C14H20N2O2/c1-3-18-15(17)14(13-7-5-4-6-8-13)16-10-9-12(2)11-16;1-2-18-14(17)13(11-6-4-3-5-7-11)16-9-8-12(15)10-16/h4-8,12,14H,3,9-11H2,1-2H3;3-7,12-13H,2,8-10,15H2,1H3/t12-,14?;12-,13?/m11/s1. The molecule has 2 heterocycles. The first-order valence-electron chi connectivity index (χ1n) is 13.1. The zero-order valence-electron chi connectivity index (χ0n) is 21.8. The van der Waals surface area contributed by atoms with Crippen LogP contribution in [0.1, 0.15) is 56.8 Å². The number of ether oxygens (including phenoxy) is 2. The summed E-state index contributed by atoms with van der Waals surface area (Å²) < 4.78 is 10.4. The van der Waals surface area contributed by atoms with Crippen LogP contribution in [0.25, 0.3) is 0 Å². The van der Waals surface area contributed by atoms with Crippen molar-refractivity contribution in [3.05, 3.63) is 71.8 Å². The van der Waals surface area contributed by atoms with Crippen LogP contribution in [0.15, 0.2) is 60.7 Å². The summed E-state index contributed by atoms with van der Waals surface area (Å²) in [4.78, 5) is 28.6. The van der Waals surface area contributed by atoms with E-state index in [0.29, 0.717) is 19.1 Å². The highest BCUT2D eigenvalue weighted by Crippen LogP contribution is 2.29. The van der Waals surface area contributed by atoms with Gasteiger partial charge in [0.2, 0.25) is 0 Å². The quantitative estimate of drug-likeness (QED) is 0.555. The second-order valence-corrected chi connectivity index (χ2v) is 9.56. The molecule has 0 amide bonds. The Labute approximate surface area is 215 Å². The number of benzene rings is 2. The third-order valence-electron chi connectivity index (χ3n) is 6.69. The largest absolute Gasteiger partial charge is 0.465 e. The minimum atomic E-state index is -0.320. The van der Waals surface area contributed by atoms with Crippen molar-refractivity contribution in [1.29, 1.82) is 0 Å². The summed E-state index contributed by atoms with van der Waals surface area (Å²) in [7, 11) is 0. The third-order valence-corrected chi connectivity index (χ3v) is 6.69. The van der Waals surface area contributed by atoms with Gasteiger partial charge in [-0.05, 0) is 50.3 Å². The number of hydrogen-bond donors (Lipinski definition) is 1. The Balaban J connectivity index is 0.000000201. The minimum absolute atomic E-state index is 0.127. The van der Waals surface area contributed by atoms with Crippen LogP contribution in [0.5, 0.6) is 0 Å². The molecule has 0 aliphatic carbocycles. The lowest BCUT2D eigenvalue weighted by Crippen LogP contribution is -2.35. The maximum atomic E-state index is 12.2. The number of nitrogens with zero attached hydrogens (tertiary/aromatic N) is 2. The normalized spacial score (nSPS) is 21.8. The summed E-state index contributed by atoms with van der Waals surface area (Å²) in [6.45, 7) is 10.3. The van der Waals surface area contributed by atoms with Gasteiger partial charge < -0.3 is 15.2 Å². The molecule has 0 spiro atoms. The molecule has 2 aromatic carbocycles.